The van der Waals surface area contributed by atoms with E-state index < -0.39 is 0 Å². The number of methoxy groups -OCH3 is 1. The second-order valence-electron chi connectivity index (χ2n) is 6.80. The molecule has 3 aromatic carbocycles. The van der Waals surface area contributed by atoms with Crippen molar-refractivity contribution in [3.63, 3.8) is 0 Å². The fraction of sp³-hybridized carbons (Fsp3) is 0.111. The van der Waals surface area contributed by atoms with Gasteiger partial charge in [0.15, 0.2) is 6.29 Å². The van der Waals surface area contributed by atoms with Gasteiger partial charge in [-0.05, 0) is 60.6 Å². The Morgan fingerprint density at radius 2 is 1.56 bits per heavy atom. The first kappa shape index (κ1) is 22.7. The highest BCUT2D eigenvalue weighted by molar-refractivity contribution is 6.13. The molecule has 2 N–H and O–H groups in total. The summed E-state index contributed by atoms with van der Waals surface area (Å²) in [4.78, 5) is 16.2. The molecule has 4 aromatic rings. The molecule has 0 spiro atoms. The van der Waals surface area contributed by atoms with Crippen LogP contribution in [0.2, 0.25) is 0 Å². The van der Waals surface area contributed by atoms with Gasteiger partial charge in [0.25, 0.3) is 0 Å². The van der Waals surface area contributed by atoms with E-state index in [0.717, 1.165) is 45.5 Å². The number of carbonyl (C=O) groups excluding carboxylic acids is 1. The topological polar surface area (TPSA) is 74.4 Å². The van der Waals surface area contributed by atoms with Crippen LogP contribution < -0.4 is 15.2 Å². The third-order valence-electron chi connectivity index (χ3n) is 4.80. The zero-order valence-electron chi connectivity index (χ0n) is 18.2. The van der Waals surface area contributed by atoms with E-state index in [1.54, 1.807) is 7.11 Å². The molecule has 0 aliphatic carbocycles. The first-order valence-electron chi connectivity index (χ1n) is 10.2. The fourth-order valence-corrected chi connectivity index (χ4v) is 3.15. The van der Waals surface area contributed by atoms with Crippen molar-refractivity contribution in [1.82, 2.24) is 4.98 Å². The Kier molecular flexibility index (Phi) is 8.12. The molecule has 0 saturated carbocycles. The molecule has 0 bridgehead atoms. The van der Waals surface area contributed by atoms with Crippen molar-refractivity contribution in [1.29, 1.82) is 0 Å². The van der Waals surface area contributed by atoms with Crippen LogP contribution in [0.1, 0.15) is 16.8 Å². The van der Waals surface area contributed by atoms with Gasteiger partial charge in [0, 0.05) is 11.0 Å². The van der Waals surface area contributed by atoms with Gasteiger partial charge in [-0.3, -0.25) is 4.79 Å². The molecule has 0 unspecified atom stereocenters. The van der Waals surface area contributed by atoms with Gasteiger partial charge in [0.1, 0.15) is 18.1 Å². The number of nitrogens with two attached hydrogens (primary N) is 1. The van der Waals surface area contributed by atoms with Gasteiger partial charge in [-0.15, -0.1) is 0 Å². The zero-order chi connectivity index (χ0) is 22.8. The van der Waals surface area contributed by atoms with Crippen LogP contribution in [-0.4, -0.2) is 25.4 Å². The number of allylic oxidation sites excluding steroid dienone is 1. The predicted molar refractivity (Wildman–Crippen MR) is 130 cm³/mol. The number of hydrogen-bond donors (Lipinski definition) is 1. The number of pyridine rings is 1. The van der Waals surface area contributed by atoms with E-state index in [0.29, 0.717) is 12.2 Å². The number of aldehydes is 1. The number of aromatic nitrogens is 1. The third-order valence-corrected chi connectivity index (χ3v) is 4.80. The normalized spacial score (nSPS) is 10.8. The summed E-state index contributed by atoms with van der Waals surface area (Å²) in [6, 6.07) is 27.1. The Hall–Kier alpha value is -3.96. The molecule has 162 valence electrons. The Labute approximate surface area is 188 Å². The average Bonchev–Trinajstić information content (AvgIpc) is 2.88. The van der Waals surface area contributed by atoms with Gasteiger partial charge in [-0.1, -0.05) is 48.5 Å². The van der Waals surface area contributed by atoms with Gasteiger partial charge >= 0.3 is 0 Å². The highest BCUT2D eigenvalue weighted by Crippen LogP contribution is 2.22. The average molecular weight is 427 g/mol. The first-order valence-corrected chi connectivity index (χ1v) is 10.2. The standard InChI is InChI=1S/C26H21NO3.CH5N/c1-29-24-12-6-19(7-13-24)16-22(17-28)20-9-14-25(15-10-20)30-18-23-11-8-21-4-2-3-5-26(21)27-23;1-2/h2-17H,18H2,1H3;2H2,1H3/b22-16-;. The number of para-hydroxylation sites is 1. The van der Waals surface area contributed by atoms with Crippen molar-refractivity contribution in [2.24, 2.45) is 5.73 Å². The number of nitrogens with zero attached hydrogens (tertiary/aromatic N) is 1. The molecule has 0 saturated heterocycles. The fourth-order valence-electron chi connectivity index (χ4n) is 3.15. The van der Waals surface area contributed by atoms with Gasteiger partial charge in [0.05, 0.1) is 18.3 Å². The third kappa shape index (κ3) is 5.80. The quantitative estimate of drug-likeness (QED) is 0.252. The van der Waals surface area contributed by atoms with Gasteiger partial charge in [-0.2, -0.15) is 0 Å². The zero-order valence-corrected chi connectivity index (χ0v) is 18.2. The molecule has 1 heterocycles. The summed E-state index contributed by atoms with van der Waals surface area (Å²) < 4.78 is 11.0. The SMILES string of the molecule is CN.COc1ccc(/C=C(/C=O)c2ccc(OCc3ccc4ccccc4n3)cc2)cc1. The van der Waals surface area contributed by atoms with Crippen LogP contribution in [-0.2, 0) is 11.4 Å². The Bertz CT molecular complexity index is 1180. The van der Waals surface area contributed by atoms with Gasteiger partial charge in [-0.25, -0.2) is 4.98 Å². The lowest BCUT2D eigenvalue weighted by Crippen LogP contribution is -1.98. The second kappa shape index (κ2) is 11.4. The summed E-state index contributed by atoms with van der Waals surface area (Å²) in [5.74, 6) is 1.51. The van der Waals surface area contributed by atoms with Crippen LogP contribution in [0, 0.1) is 0 Å². The van der Waals surface area contributed by atoms with Gasteiger partial charge in [0.2, 0.25) is 0 Å². The minimum atomic E-state index is 0.381. The van der Waals surface area contributed by atoms with Crippen molar-refractivity contribution in [3.05, 3.63) is 102 Å². The number of benzene rings is 3. The summed E-state index contributed by atoms with van der Waals surface area (Å²) in [6.07, 6.45) is 2.71. The van der Waals surface area contributed by atoms with Crippen LogP contribution in [0.25, 0.3) is 22.6 Å². The van der Waals surface area contributed by atoms with Crippen molar-refractivity contribution in [2.45, 2.75) is 6.61 Å². The van der Waals surface area contributed by atoms with Crippen LogP contribution in [0.15, 0.2) is 84.9 Å². The lowest BCUT2D eigenvalue weighted by Gasteiger charge is -2.08. The number of fused-ring (bicyclic) bond motifs is 1. The molecular formula is C27H26N2O3. The van der Waals surface area contributed by atoms with Gasteiger partial charge < -0.3 is 15.2 Å². The number of ether oxygens (including phenoxy) is 2. The van der Waals surface area contributed by atoms with E-state index >= 15 is 0 Å². The molecule has 5 nitrogen and oxygen atoms in total. The summed E-state index contributed by atoms with van der Waals surface area (Å²) >= 11 is 0. The van der Waals surface area contributed by atoms with E-state index in [1.165, 1.54) is 7.05 Å². The second-order valence-corrected chi connectivity index (χ2v) is 6.80. The van der Waals surface area contributed by atoms with E-state index in [2.05, 4.69) is 10.7 Å². The highest BCUT2D eigenvalue weighted by Gasteiger charge is 2.04. The maximum atomic E-state index is 11.6. The Balaban J connectivity index is 0.00000141. The molecule has 1 aromatic heterocycles. The van der Waals surface area contributed by atoms with E-state index in [9.17, 15) is 4.79 Å². The number of carbonyl (C=O) groups is 1. The monoisotopic (exact) mass is 426 g/mol. The lowest BCUT2D eigenvalue weighted by atomic mass is 10.0. The molecule has 0 fully saturated rings. The largest absolute Gasteiger partial charge is 0.497 e. The first-order chi connectivity index (χ1) is 15.7. The Morgan fingerprint density at radius 1 is 0.875 bits per heavy atom. The minimum Gasteiger partial charge on any atom is -0.497 e. The molecule has 0 atom stereocenters. The molecule has 4 rings (SSSR count). The summed E-state index contributed by atoms with van der Waals surface area (Å²) in [5.41, 5.74) is 8.68. The molecular weight excluding hydrogens is 400 g/mol. The van der Waals surface area contributed by atoms with Crippen molar-refractivity contribution in [3.8, 4) is 11.5 Å². The van der Waals surface area contributed by atoms with Crippen molar-refractivity contribution >= 4 is 28.8 Å². The van der Waals surface area contributed by atoms with Crippen molar-refractivity contribution in [2.75, 3.05) is 14.2 Å². The van der Waals surface area contributed by atoms with Crippen LogP contribution in [0.4, 0.5) is 0 Å². The summed E-state index contributed by atoms with van der Waals surface area (Å²) in [6.45, 7) is 0.381. The smallest absolute Gasteiger partial charge is 0.150 e. The highest BCUT2D eigenvalue weighted by atomic mass is 16.5. The van der Waals surface area contributed by atoms with E-state index in [1.807, 2.05) is 91.0 Å². The summed E-state index contributed by atoms with van der Waals surface area (Å²) in [7, 11) is 3.13. The molecule has 5 heteroatoms. The minimum absolute atomic E-state index is 0.381. The maximum absolute atomic E-state index is 11.6. The molecule has 0 amide bonds. The maximum Gasteiger partial charge on any atom is 0.150 e. The lowest BCUT2D eigenvalue weighted by molar-refractivity contribution is -0.103. The van der Waals surface area contributed by atoms with Crippen LogP contribution >= 0.6 is 0 Å². The summed E-state index contributed by atoms with van der Waals surface area (Å²) in [5, 5.41) is 1.11. The molecule has 32 heavy (non-hydrogen) atoms. The molecule has 0 aliphatic heterocycles. The number of rotatable bonds is 7. The van der Waals surface area contributed by atoms with Crippen LogP contribution in [0.3, 0.4) is 0 Å². The number of hydrogen-bond acceptors (Lipinski definition) is 5. The van der Waals surface area contributed by atoms with E-state index in [4.69, 9.17) is 9.47 Å². The van der Waals surface area contributed by atoms with Crippen LogP contribution in [0.5, 0.6) is 11.5 Å². The van der Waals surface area contributed by atoms with E-state index in [-0.39, 0.29) is 0 Å². The molecule has 0 aliphatic rings. The predicted octanol–water partition coefficient (Wildman–Crippen LogP) is 5.14. The molecule has 0 radical (unpaired) electrons. The van der Waals surface area contributed by atoms with Crippen molar-refractivity contribution < 1.29 is 14.3 Å². The Morgan fingerprint density at radius 3 is 2.25 bits per heavy atom.